The standard InChI is InChI=1S/C16H33.C7H7O3S.Ni/c1-3-5-7-9-11-13-15-16-14-12-10-8-6-4-2;8-11(9)10-6-7-4-2-1-3-5-7;/h1,3-16H2,2H3;1-5H,6H2;. The van der Waals surface area contributed by atoms with Crippen LogP contribution >= 0.6 is 0 Å². The summed E-state index contributed by atoms with van der Waals surface area (Å²) in [5, 5.41) is 0.641. The van der Waals surface area contributed by atoms with Crippen molar-refractivity contribution in [3.8, 4) is 0 Å². The Morgan fingerprint density at radius 2 is 1.18 bits per heavy atom. The maximum atomic E-state index is 11.9. The van der Waals surface area contributed by atoms with Crippen molar-refractivity contribution < 1.29 is 25.9 Å². The first-order chi connectivity index (χ1) is 13.6. The molecule has 1 aromatic rings. The van der Waals surface area contributed by atoms with Crippen LogP contribution in [0.1, 0.15) is 102 Å². The van der Waals surface area contributed by atoms with Crippen molar-refractivity contribution in [3.63, 3.8) is 0 Å². The molecule has 0 unspecified atom stereocenters. The number of benzene rings is 1. The molecule has 0 fully saturated rings. The van der Waals surface area contributed by atoms with Gasteiger partial charge in [-0.15, -0.1) is 0 Å². The molecule has 0 aromatic heterocycles. The second-order valence-electron chi connectivity index (χ2n) is 7.46. The van der Waals surface area contributed by atoms with E-state index in [0.717, 1.165) is 31.7 Å². The van der Waals surface area contributed by atoms with E-state index in [1.165, 1.54) is 77.0 Å². The summed E-state index contributed by atoms with van der Waals surface area (Å²) < 4.78 is 28.9. The first-order valence-electron chi connectivity index (χ1n) is 11.1. The molecule has 0 radical (unpaired) electrons. The fourth-order valence-electron chi connectivity index (χ4n) is 3.13. The van der Waals surface area contributed by atoms with Crippen LogP contribution in [-0.2, 0) is 32.8 Å². The molecule has 28 heavy (non-hydrogen) atoms. The molecule has 1 rings (SSSR count). The van der Waals surface area contributed by atoms with Crippen molar-refractivity contribution in [2.45, 2.75) is 109 Å². The van der Waals surface area contributed by atoms with E-state index in [4.69, 9.17) is 4.18 Å². The molecule has 0 aliphatic carbocycles. The zero-order valence-electron chi connectivity index (χ0n) is 17.6. The number of hydrogen-bond acceptors (Lipinski definition) is 3. The Morgan fingerprint density at radius 1 is 0.714 bits per heavy atom. The molecule has 0 aliphatic heterocycles. The van der Waals surface area contributed by atoms with E-state index in [-0.39, 0.29) is 6.61 Å². The van der Waals surface area contributed by atoms with Crippen LogP contribution in [0.25, 0.3) is 0 Å². The van der Waals surface area contributed by atoms with Gasteiger partial charge in [0.05, 0.1) is 0 Å². The van der Waals surface area contributed by atoms with Gasteiger partial charge in [0.25, 0.3) is 0 Å². The topological polar surface area (TPSA) is 43.4 Å². The Labute approximate surface area is 179 Å². The zero-order chi connectivity index (χ0) is 20.3. The van der Waals surface area contributed by atoms with Gasteiger partial charge in [-0.25, -0.2) is 0 Å². The van der Waals surface area contributed by atoms with Crippen LogP contribution < -0.4 is 0 Å². The van der Waals surface area contributed by atoms with E-state index in [1.807, 2.05) is 30.3 Å². The molecule has 1 aromatic carbocycles. The monoisotopic (exact) mass is 454 g/mol. The molecule has 3 nitrogen and oxygen atoms in total. The van der Waals surface area contributed by atoms with Crippen LogP contribution in [0.15, 0.2) is 30.3 Å². The van der Waals surface area contributed by atoms with Crippen LogP contribution in [-0.4, -0.2) is 8.42 Å². The van der Waals surface area contributed by atoms with Gasteiger partial charge < -0.3 is 0 Å². The summed E-state index contributed by atoms with van der Waals surface area (Å²) in [5.41, 5.74) is 0.881. The molecular formula is C23H40NiO3S. The number of rotatable bonds is 19. The molecule has 0 aliphatic rings. The van der Waals surface area contributed by atoms with E-state index in [0.29, 0.717) is 5.39 Å². The summed E-state index contributed by atoms with van der Waals surface area (Å²) in [5.74, 6) is 0. The molecule has 0 saturated carbocycles. The predicted molar refractivity (Wildman–Crippen MR) is 115 cm³/mol. The maximum absolute atomic E-state index is 11.9. The number of hydrogen-bond donors (Lipinski definition) is 0. The van der Waals surface area contributed by atoms with Crippen molar-refractivity contribution in [1.82, 2.24) is 0 Å². The summed E-state index contributed by atoms with van der Waals surface area (Å²) >= 11 is 0.733. The Kier molecular flexibility index (Phi) is 16.0. The van der Waals surface area contributed by atoms with Crippen molar-refractivity contribution in [3.05, 3.63) is 35.9 Å². The Balaban J connectivity index is 1.85. The minimum atomic E-state index is -3.46. The van der Waals surface area contributed by atoms with Gasteiger partial charge in [0, 0.05) is 0 Å². The van der Waals surface area contributed by atoms with Crippen LogP contribution in [0.5, 0.6) is 0 Å². The Hall–Kier alpha value is -0.376. The Bertz CT molecular complexity index is 560. The molecule has 0 atom stereocenters. The molecule has 0 heterocycles. The molecule has 0 bridgehead atoms. The van der Waals surface area contributed by atoms with Crippen molar-refractivity contribution in [2.75, 3.05) is 0 Å². The van der Waals surface area contributed by atoms with Crippen molar-refractivity contribution in [1.29, 1.82) is 0 Å². The van der Waals surface area contributed by atoms with Gasteiger partial charge in [-0.1, -0.05) is 26.2 Å². The molecule has 0 saturated heterocycles. The average Bonchev–Trinajstić information content (AvgIpc) is 2.70. The third-order valence-corrected chi connectivity index (χ3v) is 7.93. The van der Waals surface area contributed by atoms with Crippen LogP contribution in [0.2, 0.25) is 5.39 Å². The zero-order valence-corrected chi connectivity index (χ0v) is 19.5. The van der Waals surface area contributed by atoms with E-state index in [2.05, 4.69) is 6.92 Å². The third kappa shape index (κ3) is 15.5. The summed E-state index contributed by atoms with van der Waals surface area (Å²) in [6.07, 6.45) is 18.4. The summed E-state index contributed by atoms with van der Waals surface area (Å²) in [7, 11) is -3.46. The third-order valence-electron chi connectivity index (χ3n) is 4.84. The van der Waals surface area contributed by atoms with E-state index in [1.54, 1.807) is 0 Å². The fourth-order valence-corrected chi connectivity index (χ4v) is 5.54. The second kappa shape index (κ2) is 17.5. The van der Waals surface area contributed by atoms with E-state index in [9.17, 15) is 8.42 Å². The average molecular weight is 455 g/mol. The van der Waals surface area contributed by atoms with Crippen LogP contribution in [0.4, 0.5) is 0 Å². The minimum absolute atomic E-state index is 0.125. The van der Waals surface area contributed by atoms with E-state index < -0.39 is 8.64 Å². The molecule has 0 spiro atoms. The normalized spacial score (nSPS) is 11.9. The number of unbranched alkanes of at least 4 members (excludes halogenated alkanes) is 13. The Morgan fingerprint density at radius 3 is 1.68 bits per heavy atom. The molecule has 0 N–H and O–H groups in total. The predicted octanol–water partition coefficient (Wildman–Crippen LogP) is 7.43. The SMILES string of the molecule is CCCCCCCCCCCCCCC[CH2][Ni][S](=O)(=O)OCc1ccccc1. The van der Waals surface area contributed by atoms with Gasteiger partial charge in [0.2, 0.25) is 0 Å². The van der Waals surface area contributed by atoms with E-state index >= 15 is 0 Å². The van der Waals surface area contributed by atoms with Crippen LogP contribution in [0.3, 0.4) is 0 Å². The van der Waals surface area contributed by atoms with Gasteiger partial charge in [0.15, 0.2) is 0 Å². The quantitative estimate of drug-likeness (QED) is 0.161. The van der Waals surface area contributed by atoms with Gasteiger partial charge >= 0.3 is 153 Å². The van der Waals surface area contributed by atoms with Crippen LogP contribution in [0, 0.1) is 0 Å². The first kappa shape index (κ1) is 25.7. The molecule has 5 heteroatoms. The first-order valence-corrected chi connectivity index (χ1v) is 14.3. The summed E-state index contributed by atoms with van der Waals surface area (Å²) in [6.45, 7) is 2.39. The molecular weight excluding hydrogens is 415 g/mol. The molecule has 166 valence electrons. The second-order valence-corrected chi connectivity index (χ2v) is 11.4. The van der Waals surface area contributed by atoms with Gasteiger partial charge in [-0.05, 0) is 0 Å². The van der Waals surface area contributed by atoms with Crippen molar-refractivity contribution >= 4 is 8.64 Å². The molecule has 0 amide bonds. The van der Waals surface area contributed by atoms with Crippen molar-refractivity contribution in [2.24, 2.45) is 0 Å². The van der Waals surface area contributed by atoms with Gasteiger partial charge in [0.1, 0.15) is 0 Å². The summed E-state index contributed by atoms with van der Waals surface area (Å²) in [6, 6.07) is 9.42. The summed E-state index contributed by atoms with van der Waals surface area (Å²) in [4.78, 5) is 0. The fraction of sp³-hybridized carbons (Fsp3) is 0.739. The van der Waals surface area contributed by atoms with Gasteiger partial charge in [-0.2, -0.15) is 0 Å². The van der Waals surface area contributed by atoms with Gasteiger partial charge in [-0.3, -0.25) is 0 Å².